The number of benzene rings is 1. The molecule has 0 spiro atoms. The first-order valence-corrected chi connectivity index (χ1v) is 10.9. The predicted molar refractivity (Wildman–Crippen MR) is 124 cm³/mol. The molecule has 1 aliphatic carbocycles. The second-order valence-electron chi connectivity index (χ2n) is 8.57. The lowest BCUT2D eigenvalue weighted by atomic mass is 9.94. The van der Waals surface area contributed by atoms with Crippen molar-refractivity contribution >= 4 is 11.3 Å². The first kappa shape index (κ1) is 20.5. The van der Waals surface area contributed by atoms with Gasteiger partial charge in [0.25, 0.3) is 0 Å². The summed E-state index contributed by atoms with van der Waals surface area (Å²) in [4.78, 5) is 7.44. The molecule has 0 amide bonds. The van der Waals surface area contributed by atoms with E-state index in [0.717, 1.165) is 40.5 Å². The minimum Gasteiger partial charge on any atom is -0.489 e. The zero-order valence-corrected chi connectivity index (χ0v) is 18.1. The molecule has 1 saturated carbocycles. The average Bonchev–Trinajstić information content (AvgIpc) is 3.10. The minimum atomic E-state index is 0.532. The lowest BCUT2D eigenvalue weighted by Gasteiger charge is -2.31. The van der Waals surface area contributed by atoms with Gasteiger partial charge in [-0.05, 0) is 68.8 Å². The molecule has 0 atom stereocenters. The van der Waals surface area contributed by atoms with Crippen molar-refractivity contribution in [1.82, 2.24) is 14.3 Å². The molecular formula is C25H32N4O. The molecule has 30 heavy (non-hydrogen) atoms. The normalized spacial score (nSPS) is 15.0. The minimum absolute atomic E-state index is 0.532. The molecule has 0 radical (unpaired) electrons. The predicted octanol–water partition coefficient (Wildman–Crippen LogP) is 5.30. The van der Waals surface area contributed by atoms with Crippen molar-refractivity contribution < 1.29 is 4.74 Å². The molecular weight excluding hydrogens is 372 g/mol. The Balaban J connectivity index is 1.66. The summed E-state index contributed by atoms with van der Waals surface area (Å²) < 4.78 is 7.91. The van der Waals surface area contributed by atoms with Crippen LogP contribution in [0.15, 0.2) is 54.7 Å². The van der Waals surface area contributed by atoms with Crippen LogP contribution in [0.4, 0.5) is 5.69 Å². The summed E-state index contributed by atoms with van der Waals surface area (Å²) >= 11 is 0. The van der Waals surface area contributed by atoms with Gasteiger partial charge in [-0.3, -0.25) is 4.90 Å². The van der Waals surface area contributed by atoms with E-state index in [1.807, 2.05) is 37.4 Å². The van der Waals surface area contributed by atoms with E-state index in [2.05, 4.69) is 35.1 Å². The van der Waals surface area contributed by atoms with Crippen molar-refractivity contribution in [2.75, 3.05) is 19.4 Å². The maximum Gasteiger partial charge on any atom is 0.137 e. The number of nitrogens with zero attached hydrogens (tertiary/aromatic N) is 3. The maximum atomic E-state index is 6.11. The SMILES string of the molecule is C=C(C)COc1ccc(-c2nc3ccc(N)cn3c2CN(C)C2CCCCC2)cc1. The summed E-state index contributed by atoms with van der Waals surface area (Å²) in [5.74, 6) is 0.843. The van der Waals surface area contributed by atoms with Crippen molar-refractivity contribution in [2.24, 2.45) is 0 Å². The number of fused-ring (bicyclic) bond motifs is 1. The van der Waals surface area contributed by atoms with E-state index in [0.29, 0.717) is 12.6 Å². The number of ether oxygens (including phenoxy) is 1. The standard InChI is InChI=1S/C25H32N4O/c1-18(2)17-30-22-12-9-19(10-13-22)25-23(16-28(3)21-7-5-4-6-8-21)29-15-20(26)11-14-24(29)27-25/h9-15,21H,1,4-8,16-17,26H2,2-3H3. The van der Waals surface area contributed by atoms with E-state index >= 15 is 0 Å². The zero-order valence-electron chi connectivity index (χ0n) is 18.1. The highest BCUT2D eigenvalue weighted by Crippen LogP contribution is 2.30. The number of nitrogens with two attached hydrogens (primary N) is 1. The Kier molecular flexibility index (Phi) is 6.09. The topological polar surface area (TPSA) is 55.8 Å². The second kappa shape index (κ2) is 8.92. The molecule has 158 valence electrons. The van der Waals surface area contributed by atoms with E-state index < -0.39 is 0 Å². The highest BCUT2D eigenvalue weighted by molar-refractivity contribution is 5.68. The number of anilines is 1. The van der Waals surface area contributed by atoms with Crippen molar-refractivity contribution in [3.8, 4) is 17.0 Å². The largest absolute Gasteiger partial charge is 0.489 e. The van der Waals surface area contributed by atoms with Crippen LogP contribution in [-0.2, 0) is 6.54 Å². The zero-order chi connectivity index (χ0) is 21.1. The highest BCUT2D eigenvalue weighted by atomic mass is 16.5. The third kappa shape index (κ3) is 4.51. The third-order valence-corrected chi connectivity index (χ3v) is 5.95. The Bertz CT molecular complexity index is 1020. The number of hydrogen-bond acceptors (Lipinski definition) is 4. The lowest BCUT2D eigenvalue weighted by molar-refractivity contribution is 0.182. The molecule has 5 heteroatoms. The average molecular weight is 405 g/mol. The van der Waals surface area contributed by atoms with Crippen molar-refractivity contribution in [2.45, 2.75) is 51.6 Å². The van der Waals surface area contributed by atoms with Crippen LogP contribution in [-0.4, -0.2) is 34.0 Å². The summed E-state index contributed by atoms with van der Waals surface area (Å²) in [5.41, 5.74) is 12.1. The Morgan fingerprint density at radius 2 is 1.90 bits per heavy atom. The van der Waals surface area contributed by atoms with E-state index in [4.69, 9.17) is 15.5 Å². The Morgan fingerprint density at radius 1 is 1.17 bits per heavy atom. The van der Waals surface area contributed by atoms with Gasteiger partial charge < -0.3 is 14.9 Å². The Labute approximate surface area is 179 Å². The molecule has 1 aromatic carbocycles. The molecule has 3 aromatic rings. The molecule has 2 heterocycles. The molecule has 2 aromatic heterocycles. The van der Waals surface area contributed by atoms with Crippen LogP contribution in [0.5, 0.6) is 5.75 Å². The molecule has 0 bridgehead atoms. The third-order valence-electron chi connectivity index (χ3n) is 5.95. The van der Waals surface area contributed by atoms with Crippen LogP contribution in [0.3, 0.4) is 0 Å². The number of aromatic nitrogens is 2. The lowest BCUT2D eigenvalue weighted by Crippen LogP contribution is -2.33. The van der Waals surface area contributed by atoms with Crippen molar-refractivity contribution in [3.05, 3.63) is 60.4 Å². The van der Waals surface area contributed by atoms with Crippen LogP contribution in [0.2, 0.25) is 0 Å². The second-order valence-corrected chi connectivity index (χ2v) is 8.57. The summed E-state index contributed by atoms with van der Waals surface area (Å²) in [6.07, 6.45) is 8.56. The molecule has 1 aliphatic rings. The van der Waals surface area contributed by atoms with Crippen LogP contribution < -0.4 is 10.5 Å². The van der Waals surface area contributed by atoms with Crippen molar-refractivity contribution in [1.29, 1.82) is 0 Å². The highest BCUT2D eigenvalue weighted by Gasteiger charge is 2.22. The number of pyridine rings is 1. The van der Waals surface area contributed by atoms with Gasteiger partial charge in [-0.15, -0.1) is 0 Å². The number of nitrogen functional groups attached to an aromatic ring is 1. The molecule has 2 N–H and O–H groups in total. The van der Waals surface area contributed by atoms with Gasteiger partial charge in [0.2, 0.25) is 0 Å². The fourth-order valence-corrected chi connectivity index (χ4v) is 4.29. The van der Waals surface area contributed by atoms with E-state index in [1.165, 1.54) is 37.8 Å². The first-order valence-electron chi connectivity index (χ1n) is 10.9. The summed E-state index contributed by atoms with van der Waals surface area (Å²) in [6, 6.07) is 12.7. The maximum absolute atomic E-state index is 6.11. The molecule has 4 rings (SSSR count). The van der Waals surface area contributed by atoms with Gasteiger partial charge in [0.1, 0.15) is 18.0 Å². The van der Waals surface area contributed by atoms with Gasteiger partial charge in [0, 0.05) is 30.0 Å². The van der Waals surface area contributed by atoms with Crippen LogP contribution >= 0.6 is 0 Å². The van der Waals surface area contributed by atoms with Gasteiger partial charge in [0.15, 0.2) is 0 Å². The van der Waals surface area contributed by atoms with Gasteiger partial charge in [-0.1, -0.05) is 25.8 Å². The molecule has 5 nitrogen and oxygen atoms in total. The van der Waals surface area contributed by atoms with Crippen LogP contribution in [0.1, 0.15) is 44.7 Å². The quantitative estimate of drug-likeness (QED) is 0.543. The van der Waals surface area contributed by atoms with Crippen LogP contribution in [0, 0.1) is 0 Å². The summed E-state index contributed by atoms with van der Waals surface area (Å²) in [6.45, 7) is 7.23. The van der Waals surface area contributed by atoms with Gasteiger partial charge in [0.05, 0.1) is 11.4 Å². The van der Waals surface area contributed by atoms with Gasteiger partial charge in [-0.2, -0.15) is 0 Å². The summed E-state index contributed by atoms with van der Waals surface area (Å²) in [7, 11) is 2.24. The molecule has 1 fully saturated rings. The van der Waals surface area contributed by atoms with Crippen molar-refractivity contribution in [3.63, 3.8) is 0 Å². The number of hydrogen-bond donors (Lipinski definition) is 1. The number of rotatable bonds is 7. The Morgan fingerprint density at radius 3 is 2.60 bits per heavy atom. The summed E-state index contributed by atoms with van der Waals surface area (Å²) in [5, 5.41) is 0. The first-order chi connectivity index (χ1) is 14.5. The van der Waals surface area contributed by atoms with Gasteiger partial charge in [-0.25, -0.2) is 4.98 Å². The van der Waals surface area contributed by atoms with Crippen LogP contribution in [0.25, 0.3) is 16.9 Å². The monoisotopic (exact) mass is 404 g/mol. The van der Waals surface area contributed by atoms with E-state index in [9.17, 15) is 0 Å². The molecule has 0 saturated heterocycles. The fraction of sp³-hybridized carbons (Fsp3) is 0.400. The molecule has 0 unspecified atom stereocenters. The number of imidazole rings is 1. The van der Waals surface area contributed by atoms with Gasteiger partial charge >= 0.3 is 0 Å². The van der Waals surface area contributed by atoms with E-state index in [-0.39, 0.29) is 0 Å². The van der Waals surface area contributed by atoms with E-state index in [1.54, 1.807) is 0 Å². The fourth-order valence-electron chi connectivity index (χ4n) is 4.29. The smallest absolute Gasteiger partial charge is 0.137 e. The molecule has 0 aliphatic heterocycles. The Hall–Kier alpha value is -2.79.